The van der Waals surface area contributed by atoms with E-state index in [4.69, 9.17) is 4.99 Å². The molecule has 5 heteroatoms. The van der Waals surface area contributed by atoms with E-state index in [1.807, 2.05) is 6.92 Å². The van der Waals surface area contributed by atoms with Crippen molar-refractivity contribution in [2.24, 2.45) is 22.7 Å². The third-order valence-corrected chi connectivity index (χ3v) is 6.59. The second-order valence-corrected chi connectivity index (χ2v) is 8.06. The topological polar surface area (TPSA) is 61.7 Å². The molecular formula is C14H22N2O2S. The number of thioether (sulfide) groups is 1. The summed E-state index contributed by atoms with van der Waals surface area (Å²) in [4.78, 5) is 16.8. The average Bonchev–Trinajstić information content (AvgIpc) is 2.93. The molecule has 106 valence electrons. The molecule has 3 aliphatic rings. The maximum Gasteiger partial charge on any atom is 0.242 e. The molecule has 2 saturated carbocycles. The van der Waals surface area contributed by atoms with Crippen molar-refractivity contribution in [3.05, 3.63) is 0 Å². The van der Waals surface area contributed by atoms with Crippen LogP contribution in [0.1, 0.15) is 40.0 Å². The van der Waals surface area contributed by atoms with Gasteiger partial charge in [-0.05, 0) is 38.0 Å². The minimum Gasteiger partial charge on any atom is -0.393 e. The van der Waals surface area contributed by atoms with Crippen LogP contribution in [0.25, 0.3) is 0 Å². The van der Waals surface area contributed by atoms with Crippen LogP contribution >= 0.6 is 11.8 Å². The maximum absolute atomic E-state index is 12.1. The van der Waals surface area contributed by atoms with Gasteiger partial charge in [-0.15, -0.1) is 0 Å². The van der Waals surface area contributed by atoms with Crippen molar-refractivity contribution in [3.63, 3.8) is 0 Å². The van der Waals surface area contributed by atoms with E-state index in [2.05, 4.69) is 19.2 Å². The molecule has 0 aromatic carbocycles. The highest BCUT2D eigenvalue weighted by atomic mass is 32.2. The van der Waals surface area contributed by atoms with Gasteiger partial charge in [0.25, 0.3) is 0 Å². The number of carbonyl (C=O) groups excluding carboxylic acids is 1. The van der Waals surface area contributed by atoms with E-state index in [0.717, 1.165) is 24.4 Å². The van der Waals surface area contributed by atoms with Crippen molar-refractivity contribution in [3.8, 4) is 0 Å². The predicted octanol–water partition coefficient (Wildman–Crippen LogP) is 1.78. The molecular weight excluding hydrogens is 260 g/mol. The van der Waals surface area contributed by atoms with Crippen molar-refractivity contribution in [1.29, 1.82) is 0 Å². The maximum atomic E-state index is 12.1. The fraction of sp³-hybridized carbons (Fsp3) is 0.857. The molecule has 2 bridgehead atoms. The van der Waals surface area contributed by atoms with Crippen LogP contribution in [-0.2, 0) is 4.79 Å². The molecule has 2 N–H and O–H groups in total. The van der Waals surface area contributed by atoms with Gasteiger partial charge in [0.2, 0.25) is 5.91 Å². The number of hydrogen-bond acceptors (Lipinski definition) is 4. The first-order chi connectivity index (χ1) is 8.90. The number of aliphatic imine (C=N–C) groups is 1. The summed E-state index contributed by atoms with van der Waals surface area (Å²) in [7, 11) is 0. The number of fused-ring (bicyclic) bond motifs is 2. The minimum atomic E-state index is -0.408. The van der Waals surface area contributed by atoms with E-state index in [9.17, 15) is 9.90 Å². The van der Waals surface area contributed by atoms with Gasteiger partial charge in [0.05, 0.1) is 12.1 Å². The smallest absolute Gasteiger partial charge is 0.242 e. The number of amidine groups is 1. The summed E-state index contributed by atoms with van der Waals surface area (Å²) in [6.45, 7) is 6.11. The van der Waals surface area contributed by atoms with E-state index in [0.29, 0.717) is 11.8 Å². The summed E-state index contributed by atoms with van der Waals surface area (Å²) in [5, 5.41) is 13.6. The van der Waals surface area contributed by atoms with Gasteiger partial charge in [-0.1, -0.05) is 25.6 Å². The minimum absolute atomic E-state index is 0.0648. The summed E-state index contributed by atoms with van der Waals surface area (Å²) < 4.78 is -0.408. The highest BCUT2D eigenvalue weighted by Gasteiger charge is 2.48. The Kier molecular flexibility index (Phi) is 3.17. The number of aliphatic hydroxyl groups is 1. The normalized spacial score (nSPS) is 47.4. The molecule has 0 spiro atoms. The molecule has 3 rings (SSSR count). The molecule has 4 nitrogen and oxygen atoms in total. The number of rotatable bonds is 2. The summed E-state index contributed by atoms with van der Waals surface area (Å²) in [6.07, 6.45) is 2.92. The van der Waals surface area contributed by atoms with E-state index >= 15 is 0 Å². The quantitative estimate of drug-likeness (QED) is 0.811. The van der Waals surface area contributed by atoms with Gasteiger partial charge in [0.15, 0.2) is 5.17 Å². The molecule has 1 amide bonds. The lowest BCUT2D eigenvalue weighted by molar-refractivity contribution is -0.122. The lowest BCUT2D eigenvalue weighted by Gasteiger charge is -2.24. The van der Waals surface area contributed by atoms with Crippen LogP contribution in [0.4, 0.5) is 0 Å². The molecule has 3 fully saturated rings. The van der Waals surface area contributed by atoms with Crippen molar-refractivity contribution in [2.45, 2.75) is 56.9 Å². The lowest BCUT2D eigenvalue weighted by Crippen LogP contribution is -2.38. The molecule has 19 heavy (non-hydrogen) atoms. The molecule has 5 atom stereocenters. The predicted molar refractivity (Wildman–Crippen MR) is 77.0 cm³/mol. The largest absolute Gasteiger partial charge is 0.393 e. The number of amides is 1. The Morgan fingerprint density at radius 3 is 2.68 bits per heavy atom. The van der Waals surface area contributed by atoms with Gasteiger partial charge in [0, 0.05) is 5.92 Å². The van der Waals surface area contributed by atoms with Crippen LogP contribution in [0, 0.1) is 17.8 Å². The molecule has 1 unspecified atom stereocenters. The Hall–Kier alpha value is -0.550. The van der Waals surface area contributed by atoms with E-state index in [1.54, 1.807) is 11.8 Å². The summed E-state index contributed by atoms with van der Waals surface area (Å²) in [5.41, 5.74) is 0. The standard InChI is InChI=1S/C14H22N2O2S/c1-7(2)14(3)12(18)16-13(19-14)15-10-5-8-4-9(10)11(17)6-8/h7-11,17H,4-6H2,1-3H3,(H,15,16,18)/t8-,9-,10-,11?,14-/m0/s1. The second kappa shape index (κ2) is 4.48. The van der Waals surface area contributed by atoms with Gasteiger partial charge in [-0.3, -0.25) is 9.79 Å². The third-order valence-electron chi connectivity index (χ3n) is 5.11. The number of hydrogen-bond donors (Lipinski definition) is 2. The molecule has 0 radical (unpaired) electrons. The van der Waals surface area contributed by atoms with Gasteiger partial charge < -0.3 is 10.4 Å². The van der Waals surface area contributed by atoms with Crippen LogP contribution in [0.5, 0.6) is 0 Å². The van der Waals surface area contributed by atoms with Crippen LogP contribution in [0.2, 0.25) is 0 Å². The number of aliphatic hydroxyl groups excluding tert-OH is 1. The van der Waals surface area contributed by atoms with Crippen molar-refractivity contribution >= 4 is 22.8 Å². The Balaban J connectivity index is 1.75. The van der Waals surface area contributed by atoms with Gasteiger partial charge in [0.1, 0.15) is 4.75 Å². The zero-order chi connectivity index (χ0) is 13.8. The number of nitrogens with one attached hydrogen (secondary N) is 1. The van der Waals surface area contributed by atoms with Gasteiger partial charge in [-0.2, -0.15) is 0 Å². The fourth-order valence-corrected chi connectivity index (χ4v) is 4.62. The van der Waals surface area contributed by atoms with E-state index in [1.165, 1.54) is 0 Å². The monoisotopic (exact) mass is 282 g/mol. The highest BCUT2D eigenvalue weighted by molar-refractivity contribution is 8.16. The SMILES string of the molecule is CC(C)[C@]1(C)SC(=N[C@H]2C[C@H]3CC(O)[C@H]2C3)NC1=O. The van der Waals surface area contributed by atoms with Crippen molar-refractivity contribution in [1.82, 2.24) is 5.32 Å². The summed E-state index contributed by atoms with van der Waals surface area (Å²) in [6, 6.07) is 0.200. The first kappa shape index (κ1) is 13.4. The average molecular weight is 282 g/mol. The molecule has 1 aliphatic heterocycles. The Bertz CT molecular complexity index is 437. The summed E-state index contributed by atoms with van der Waals surface area (Å²) in [5.74, 6) is 1.28. The van der Waals surface area contributed by atoms with Crippen molar-refractivity contribution in [2.75, 3.05) is 0 Å². The fourth-order valence-electron chi connectivity index (χ4n) is 3.51. The number of nitrogens with zero attached hydrogens (tertiary/aromatic N) is 1. The van der Waals surface area contributed by atoms with E-state index in [-0.39, 0.29) is 24.0 Å². The zero-order valence-corrected chi connectivity index (χ0v) is 12.5. The first-order valence-corrected chi connectivity index (χ1v) is 7.98. The van der Waals surface area contributed by atoms with Gasteiger partial charge >= 0.3 is 0 Å². The Labute approximate surface area is 118 Å². The molecule has 0 aromatic heterocycles. The Morgan fingerprint density at radius 2 is 2.16 bits per heavy atom. The zero-order valence-electron chi connectivity index (χ0n) is 11.7. The van der Waals surface area contributed by atoms with Crippen LogP contribution in [0.3, 0.4) is 0 Å². The van der Waals surface area contributed by atoms with Crippen molar-refractivity contribution < 1.29 is 9.90 Å². The summed E-state index contributed by atoms with van der Waals surface area (Å²) >= 11 is 1.55. The molecule has 1 saturated heterocycles. The van der Waals surface area contributed by atoms with Crippen LogP contribution < -0.4 is 5.32 Å². The number of carbonyl (C=O) groups is 1. The highest BCUT2D eigenvalue weighted by Crippen LogP contribution is 2.47. The molecule has 1 heterocycles. The van der Waals surface area contributed by atoms with Gasteiger partial charge in [-0.25, -0.2) is 0 Å². The Morgan fingerprint density at radius 1 is 1.42 bits per heavy atom. The first-order valence-electron chi connectivity index (χ1n) is 7.16. The second-order valence-electron chi connectivity index (χ2n) is 6.62. The molecule has 2 aliphatic carbocycles. The molecule has 0 aromatic rings. The van der Waals surface area contributed by atoms with Crippen LogP contribution in [0.15, 0.2) is 4.99 Å². The third kappa shape index (κ3) is 2.11. The van der Waals surface area contributed by atoms with Crippen LogP contribution in [-0.4, -0.2) is 33.1 Å². The lowest BCUT2D eigenvalue weighted by atomic mass is 9.93. The van der Waals surface area contributed by atoms with E-state index < -0.39 is 4.75 Å².